The summed E-state index contributed by atoms with van der Waals surface area (Å²) in [5, 5.41) is 2.95. The second kappa shape index (κ2) is 14.9. The van der Waals surface area contributed by atoms with E-state index in [4.69, 9.17) is 28.2 Å². The minimum absolute atomic E-state index is 0.0296. The van der Waals surface area contributed by atoms with Crippen LogP contribution in [0, 0.1) is 0 Å². The van der Waals surface area contributed by atoms with Gasteiger partial charge in [0.15, 0.2) is 5.65 Å². The first-order valence-electron chi connectivity index (χ1n) is 16.3. The van der Waals surface area contributed by atoms with E-state index >= 15 is 0 Å². The van der Waals surface area contributed by atoms with Gasteiger partial charge in [-0.05, 0) is 59.2 Å². The Morgan fingerprint density at radius 3 is 1.88 bits per heavy atom. The Kier molecular flexibility index (Phi) is 9.95. The first kappa shape index (κ1) is 34.8. The molecule has 0 radical (unpaired) electrons. The third-order valence-corrected chi connectivity index (χ3v) is 11.1. The molecule has 0 aliphatic heterocycles. The van der Waals surface area contributed by atoms with Gasteiger partial charge in [-0.25, -0.2) is 18.2 Å². The summed E-state index contributed by atoms with van der Waals surface area (Å²) in [5.74, 6) is -0.440. The van der Waals surface area contributed by atoms with Crippen molar-refractivity contribution in [2.45, 2.75) is 24.5 Å². The summed E-state index contributed by atoms with van der Waals surface area (Å²) in [7, 11) is -4.35. The minimum atomic E-state index is -4.35. The van der Waals surface area contributed by atoms with Crippen molar-refractivity contribution in [3.8, 4) is 0 Å². The molecule has 7 aromatic rings. The van der Waals surface area contributed by atoms with Crippen LogP contribution in [0.1, 0.15) is 27.0 Å². The number of hydrogen-bond donors (Lipinski definition) is 1. The van der Waals surface area contributed by atoms with Crippen molar-refractivity contribution in [1.29, 1.82) is 0 Å². The van der Waals surface area contributed by atoms with Crippen LogP contribution in [0.5, 0.6) is 0 Å². The lowest BCUT2D eigenvalue weighted by atomic mass is 10.2. The molecule has 2 aromatic heterocycles. The maximum Gasteiger partial charge on any atom is 0.330 e. The smallest absolute Gasteiger partial charge is 0.306 e. The van der Waals surface area contributed by atoms with Crippen LogP contribution in [0.4, 0.5) is 11.5 Å². The van der Waals surface area contributed by atoms with E-state index in [-0.39, 0.29) is 50.8 Å². The molecule has 5 aromatic carbocycles. The van der Waals surface area contributed by atoms with E-state index in [2.05, 4.69) is 5.32 Å². The molecule has 0 saturated carbocycles. The molecule has 52 heavy (non-hydrogen) atoms. The highest BCUT2D eigenvalue weighted by molar-refractivity contribution is 7.93. The highest BCUT2D eigenvalue weighted by Gasteiger charge is 2.30. The van der Waals surface area contributed by atoms with Crippen molar-refractivity contribution in [3.63, 3.8) is 0 Å². The average molecular weight is 749 g/mol. The van der Waals surface area contributed by atoms with E-state index in [0.29, 0.717) is 17.7 Å². The number of rotatable bonds is 11. The fraction of sp³-hybridized carbons (Fsp3) is 0.0750. The summed E-state index contributed by atoms with van der Waals surface area (Å²) in [6.45, 7) is 0.576. The molecule has 0 unspecified atom stereocenters. The van der Waals surface area contributed by atoms with Crippen molar-refractivity contribution < 1.29 is 13.2 Å². The number of fused-ring (bicyclic) bond motifs is 1. The maximum atomic E-state index is 14.3. The summed E-state index contributed by atoms with van der Waals surface area (Å²) < 4.78 is 33.1. The molecule has 0 fully saturated rings. The van der Waals surface area contributed by atoms with Crippen molar-refractivity contribution in [2.24, 2.45) is 0 Å². The molecule has 0 spiro atoms. The molecule has 12 heteroatoms. The predicted molar refractivity (Wildman–Crippen MR) is 206 cm³/mol. The molecule has 9 nitrogen and oxygen atoms in total. The Balaban J connectivity index is 1.23. The quantitative estimate of drug-likeness (QED) is 0.144. The van der Waals surface area contributed by atoms with Crippen LogP contribution >= 0.6 is 23.2 Å². The molecular formula is C40H31Cl2N5O4S. The number of pyridine rings is 1. The molecule has 1 amide bonds. The molecule has 0 saturated heterocycles. The maximum absolute atomic E-state index is 14.3. The number of para-hydroxylation sites is 1. The number of carbonyl (C=O) groups is 1. The summed E-state index contributed by atoms with van der Waals surface area (Å²) >= 11 is 13.0. The average Bonchev–Trinajstić information content (AvgIpc) is 3.40. The van der Waals surface area contributed by atoms with Crippen LogP contribution in [0.25, 0.3) is 11.2 Å². The SMILES string of the molecule is O=C(Nc1ccc2c(n1)n(Cc1ccccc1)c(=O)n2Cc1ccccc1)c1ccc(Cl)c(S(=O)(=O)N(Cc2ccccc2)c2ccccc2Cl)c1. The summed E-state index contributed by atoms with van der Waals surface area (Å²) in [6, 6.07) is 42.3. The van der Waals surface area contributed by atoms with Gasteiger partial charge in [-0.2, -0.15) is 0 Å². The first-order chi connectivity index (χ1) is 25.2. The zero-order valence-corrected chi connectivity index (χ0v) is 29.9. The van der Waals surface area contributed by atoms with E-state index in [1.165, 1.54) is 22.5 Å². The Labute approximate surface area is 310 Å². The summed E-state index contributed by atoms with van der Waals surface area (Å²) in [6.07, 6.45) is 0. The van der Waals surface area contributed by atoms with Crippen molar-refractivity contribution >= 4 is 61.8 Å². The number of halogens is 2. The van der Waals surface area contributed by atoms with Gasteiger partial charge in [0.25, 0.3) is 15.9 Å². The Morgan fingerprint density at radius 1 is 0.673 bits per heavy atom. The fourth-order valence-corrected chi connectivity index (χ4v) is 8.20. The molecule has 1 N–H and O–H groups in total. The van der Waals surface area contributed by atoms with Crippen LogP contribution in [-0.4, -0.2) is 28.4 Å². The molecule has 260 valence electrons. The van der Waals surface area contributed by atoms with Gasteiger partial charge in [0.1, 0.15) is 10.7 Å². The highest BCUT2D eigenvalue weighted by atomic mass is 35.5. The molecule has 0 atom stereocenters. The lowest BCUT2D eigenvalue weighted by Gasteiger charge is -2.26. The second-order valence-corrected chi connectivity index (χ2v) is 14.7. The van der Waals surface area contributed by atoms with Gasteiger partial charge in [-0.1, -0.05) is 126 Å². The van der Waals surface area contributed by atoms with Gasteiger partial charge in [-0.3, -0.25) is 18.2 Å². The van der Waals surface area contributed by atoms with Gasteiger partial charge in [-0.15, -0.1) is 0 Å². The van der Waals surface area contributed by atoms with Crippen LogP contribution in [0.3, 0.4) is 0 Å². The number of imidazole rings is 1. The zero-order chi connectivity index (χ0) is 36.2. The first-order valence-corrected chi connectivity index (χ1v) is 18.5. The third kappa shape index (κ3) is 7.22. The number of nitrogens with one attached hydrogen (secondary N) is 1. The van der Waals surface area contributed by atoms with E-state index < -0.39 is 15.9 Å². The van der Waals surface area contributed by atoms with Crippen molar-refractivity contribution in [2.75, 3.05) is 9.62 Å². The fourth-order valence-electron chi connectivity index (χ4n) is 5.94. The molecule has 7 rings (SSSR count). The zero-order valence-electron chi connectivity index (χ0n) is 27.6. The van der Waals surface area contributed by atoms with E-state index in [1.54, 1.807) is 45.5 Å². The van der Waals surface area contributed by atoms with E-state index in [9.17, 15) is 18.0 Å². The van der Waals surface area contributed by atoms with Gasteiger partial charge in [0, 0.05) is 5.56 Å². The molecule has 0 bridgehead atoms. The normalized spacial score (nSPS) is 11.4. The Bertz CT molecular complexity index is 2560. The minimum Gasteiger partial charge on any atom is -0.306 e. The lowest BCUT2D eigenvalue weighted by Crippen LogP contribution is -2.31. The topological polar surface area (TPSA) is 106 Å². The van der Waals surface area contributed by atoms with Crippen LogP contribution in [0.2, 0.25) is 10.0 Å². The standard InChI is InChI=1S/C40H31Cl2N5O4S/c41-32-18-10-11-19-34(32)47(27-30-16-8-3-9-17-30)52(50,51)36-24-31(20-21-33(36)42)39(48)44-37-23-22-35-38(43-37)46(26-29-14-6-2-7-15-29)40(49)45(35)25-28-12-4-1-5-13-28/h1-24H,25-27H2,(H,43,44,48). The van der Waals surface area contributed by atoms with Gasteiger partial charge < -0.3 is 5.32 Å². The molecule has 0 aliphatic carbocycles. The predicted octanol–water partition coefficient (Wildman–Crippen LogP) is 8.25. The largest absolute Gasteiger partial charge is 0.330 e. The number of benzene rings is 5. The second-order valence-electron chi connectivity index (χ2n) is 12.0. The number of hydrogen-bond acceptors (Lipinski definition) is 5. The monoisotopic (exact) mass is 747 g/mol. The van der Waals surface area contributed by atoms with Gasteiger partial charge in [0.2, 0.25) is 0 Å². The van der Waals surface area contributed by atoms with Gasteiger partial charge in [0.05, 0.1) is 40.9 Å². The third-order valence-electron chi connectivity index (χ3n) is 8.52. The van der Waals surface area contributed by atoms with Gasteiger partial charge >= 0.3 is 5.69 Å². The molecular weight excluding hydrogens is 717 g/mol. The Hall–Kier alpha value is -5.68. The van der Waals surface area contributed by atoms with Crippen LogP contribution < -0.4 is 15.3 Å². The van der Waals surface area contributed by atoms with Crippen LogP contribution in [0.15, 0.2) is 155 Å². The van der Waals surface area contributed by atoms with E-state index in [1.807, 2.05) is 91.0 Å². The Morgan fingerprint density at radius 2 is 1.25 bits per heavy atom. The number of amides is 1. The summed E-state index contributed by atoms with van der Waals surface area (Å²) in [4.78, 5) is 32.0. The number of anilines is 2. The number of aromatic nitrogens is 3. The number of carbonyl (C=O) groups excluding carboxylic acids is 1. The van der Waals surface area contributed by atoms with E-state index in [0.717, 1.165) is 16.7 Å². The number of nitrogens with zero attached hydrogens (tertiary/aromatic N) is 4. The van der Waals surface area contributed by atoms with Crippen LogP contribution in [-0.2, 0) is 29.7 Å². The lowest BCUT2D eigenvalue weighted by molar-refractivity contribution is 0.102. The van der Waals surface area contributed by atoms with Crippen molar-refractivity contribution in [1.82, 2.24) is 14.1 Å². The molecule has 0 aliphatic rings. The number of sulfonamides is 1. The molecule has 2 heterocycles. The highest BCUT2D eigenvalue weighted by Crippen LogP contribution is 2.35. The summed E-state index contributed by atoms with van der Waals surface area (Å²) in [5.41, 5.74) is 3.62. The van der Waals surface area contributed by atoms with Crippen molar-refractivity contribution in [3.05, 3.63) is 188 Å².